The summed E-state index contributed by atoms with van der Waals surface area (Å²) in [5.74, 6) is 0.525. The number of carbonyl (C=O) groups excluding carboxylic acids is 1. The number of nitrogens with one attached hydrogen (secondary N) is 1. The summed E-state index contributed by atoms with van der Waals surface area (Å²) in [7, 11) is 0. The smallest absolute Gasteiger partial charge is 0.252 e. The molecular formula is C14H20ClIN2O. The van der Waals surface area contributed by atoms with Crippen LogP contribution in [0.2, 0.25) is 0 Å². The highest BCUT2D eigenvalue weighted by atomic mass is 127. The standard InChI is InChI=1S/C14H19IN2O.ClH/c1-9-4-3-5-11(12(9)15)13(18)17-14(2,8-16)10-6-7-10;/h3-5,10H,6-8,16H2,1-2H3,(H,17,18);1H. The normalized spacial score (nSPS) is 17.3. The maximum absolute atomic E-state index is 12.4. The first kappa shape index (κ1) is 16.7. The minimum absolute atomic E-state index is 0. The van der Waals surface area contributed by atoms with E-state index in [1.54, 1.807) is 0 Å². The largest absolute Gasteiger partial charge is 0.345 e. The van der Waals surface area contributed by atoms with Crippen LogP contribution in [0.4, 0.5) is 0 Å². The molecule has 1 saturated carbocycles. The summed E-state index contributed by atoms with van der Waals surface area (Å²) in [6.07, 6.45) is 2.33. The van der Waals surface area contributed by atoms with Crippen LogP contribution < -0.4 is 11.1 Å². The van der Waals surface area contributed by atoms with E-state index in [2.05, 4.69) is 27.9 Å². The molecule has 1 fully saturated rings. The number of benzene rings is 1. The Morgan fingerprint density at radius 3 is 2.68 bits per heavy atom. The fourth-order valence-corrected chi connectivity index (χ4v) is 2.79. The van der Waals surface area contributed by atoms with E-state index in [0.717, 1.165) is 14.7 Å². The summed E-state index contributed by atoms with van der Waals surface area (Å²) < 4.78 is 1.02. The molecule has 3 N–H and O–H groups in total. The lowest BCUT2D eigenvalue weighted by Crippen LogP contribution is -2.53. The molecule has 0 spiro atoms. The van der Waals surface area contributed by atoms with Crippen molar-refractivity contribution in [2.75, 3.05) is 6.54 Å². The van der Waals surface area contributed by atoms with E-state index < -0.39 is 0 Å². The lowest BCUT2D eigenvalue weighted by molar-refractivity contribution is 0.0897. The minimum atomic E-state index is -0.260. The summed E-state index contributed by atoms with van der Waals surface area (Å²) in [6, 6.07) is 5.80. The summed E-state index contributed by atoms with van der Waals surface area (Å²) in [5.41, 5.74) is 7.44. The third kappa shape index (κ3) is 3.61. The predicted octanol–water partition coefficient (Wildman–Crippen LogP) is 2.88. The highest BCUT2D eigenvalue weighted by Gasteiger charge is 2.41. The van der Waals surface area contributed by atoms with E-state index in [9.17, 15) is 4.79 Å². The van der Waals surface area contributed by atoms with Crippen molar-refractivity contribution in [1.29, 1.82) is 0 Å². The molecule has 0 aromatic heterocycles. The van der Waals surface area contributed by atoms with E-state index in [4.69, 9.17) is 5.73 Å². The molecule has 5 heteroatoms. The molecule has 1 unspecified atom stereocenters. The lowest BCUT2D eigenvalue weighted by atomic mass is 9.95. The van der Waals surface area contributed by atoms with Crippen molar-refractivity contribution in [3.63, 3.8) is 0 Å². The van der Waals surface area contributed by atoms with Gasteiger partial charge in [-0.2, -0.15) is 0 Å². The number of halogens is 2. The van der Waals surface area contributed by atoms with Gasteiger partial charge in [0.15, 0.2) is 0 Å². The van der Waals surface area contributed by atoms with Crippen molar-refractivity contribution >= 4 is 40.9 Å². The number of hydrogen-bond acceptors (Lipinski definition) is 2. The van der Waals surface area contributed by atoms with Crippen molar-refractivity contribution in [3.05, 3.63) is 32.9 Å². The summed E-state index contributed by atoms with van der Waals surface area (Å²) in [6.45, 7) is 4.55. The van der Waals surface area contributed by atoms with Gasteiger partial charge in [0.25, 0.3) is 5.91 Å². The molecule has 1 aromatic rings. The van der Waals surface area contributed by atoms with Crippen molar-refractivity contribution in [3.8, 4) is 0 Å². The molecule has 0 aliphatic heterocycles. The zero-order valence-corrected chi connectivity index (χ0v) is 14.2. The van der Waals surface area contributed by atoms with Crippen LogP contribution in [0.1, 0.15) is 35.7 Å². The lowest BCUT2D eigenvalue weighted by Gasteiger charge is -2.29. The molecule has 1 aliphatic carbocycles. The number of amides is 1. The van der Waals surface area contributed by atoms with Crippen LogP contribution >= 0.6 is 35.0 Å². The first-order chi connectivity index (χ1) is 8.48. The second-order valence-corrected chi connectivity index (χ2v) is 6.37. The van der Waals surface area contributed by atoms with Crippen LogP contribution in [-0.2, 0) is 0 Å². The molecule has 0 saturated heterocycles. The molecule has 19 heavy (non-hydrogen) atoms. The molecule has 1 atom stereocenters. The number of aryl methyl sites for hydroxylation is 1. The van der Waals surface area contributed by atoms with E-state index in [1.165, 1.54) is 12.8 Å². The number of nitrogens with two attached hydrogens (primary N) is 1. The van der Waals surface area contributed by atoms with Gasteiger partial charge >= 0.3 is 0 Å². The molecule has 1 aromatic carbocycles. The third-order valence-corrected chi connectivity index (χ3v) is 5.17. The van der Waals surface area contributed by atoms with Crippen LogP contribution in [-0.4, -0.2) is 18.0 Å². The predicted molar refractivity (Wildman–Crippen MR) is 88.8 cm³/mol. The van der Waals surface area contributed by atoms with E-state index in [-0.39, 0.29) is 23.9 Å². The molecule has 2 rings (SSSR count). The average molecular weight is 395 g/mol. The SMILES string of the molecule is Cc1cccc(C(=O)NC(C)(CN)C2CC2)c1I.Cl. The fourth-order valence-electron chi connectivity index (χ4n) is 2.19. The van der Waals surface area contributed by atoms with Crippen LogP contribution in [0, 0.1) is 16.4 Å². The van der Waals surface area contributed by atoms with Crippen LogP contribution in [0.25, 0.3) is 0 Å². The van der Waals surface area contributed by atoms with Gasteiger partial charge in [-0.05, 0) is 66.8 Å². The van der Waals surface area contributed by atoms with Gasteiger partial charge in [0.1, 0.15) is 0 Å². The maximum atomic E-state index is 12.4. The van der Waals surface area contributed by atoms with Gasteiger partial charge in [0.2, 0.25) is 0 Å². The monoisotopic (exact) mass is 394 g/mol. The fraction of sp³-hybridized carbons (Fsp3) is 0.500. The Kier molecular flexibility index (Phi) is 5.65. The van der Waals surface area contributed by atoms with Crippen molar-refractivity contribution in [2.45, 2.75) is 32.2 Å². The Morgan fingerprint density at radius 1 is 1.53 bits per heavy atom. The van der Waals surface area contributed by atoms with Crippen LogP contribution in [0.15, 0.2) is 18.2 Å². The van der Waals surface area contributed by atoms with E-state index in [0.29, 0.717) is 12.5 Å². The second kappa shape index (κ2) is 6.41. The topological polar surface area (TPSA) is 55.1 Å². The Labute approximate surface area is 134 Å². The highest BCUT2D eigenvalue weighted by molar-refractivity contribution is 14.1. The second-order valence-electron chi connectivity index (χ2n) is 5.29. The number of carbonyl (C=O) groups is 1. The number of hydrogen-bond donors (Lipinski definition) is 2. The zero-order valence-electron chi connectivity index (χ0n) is 11.2. The number of rotatable bonds is 4. The van der Waals surface area contributed by atoms with Crippen molar-refractivity contribution in [2.24, 2.45) is 11.7 Å². The van der Waals surface area contributed by atoms with E-state index in [1.807, 2.05) is 32.0 Å². The Morgan fingerprint density at radius 2 is 2.16 bits per heavy atom. The Balaban J connectivity index is 0.00000180. The zero-order chi connectivity index (χ0) is 13.3. The molecule has 1 aliphatic rings. The first-order valence-corrected chi connectivity index (χ1v) is 7.33. The molecule has 1 amide bonds. The Bertz CT molecular complexity index is 477. The molecule has 0 radical (unpaired) electrons. The van der Waals surface area contributed by atoms with Gasteiger partial charge < -0.3 is 11.1 Å². The quantitative estimate of drug-likeness (QED) is 0.772. The summed E-state index contributed by atoms with van der Waals surface area (Å²) >= 11 is 2.22. The van der Waals surface area contributed by atoms with Gasteiger partial charge in [0.05, 0.1) is 11.1 Å². The summed E-state index contributed by atoms with van der Waals surface area (Å²) in [5, 5.41) is 3.12. The van der Waals surface area contributed by atoms with Gasteiger partial charge in [-0.15, -0.1) is 12.4 Å². The van der Waals surface area contributed by atoms with Gasteiger partial charge in [-0.3, -0.25) is 4.79 Å². The highest BCUT2D eigenvalue weighted by Crippen LogP contribution is 2.39. The van der Waals surface area contributed by atoms with Crippen LogP contribution in [0.5, 0.6) is 0 Å². The summed E-state index contributed by atoms with van der Waals surface area (Å²) in [4.78, 5) is 12.4. The maximum Gasteiger partial charge on any atom is 0.252 e. The molecule has 3 nitrogen and oxygen atoms in total. The molecular weight excluding hydrogens is 375 g/mol. The first-order valence-electron chi connectivity index (χ1n) is 6.25. The minimum Gasteiger partial charge on any atom is -0.345 e. The van der Waals surface area contributed by atoms with Gasteiger partial charge in [-0.25, -0.2) is 0 Å². The average Bonchev–Trinajstić information content (AvgIpc) is 3.16. The van der Waals surface area contributed by atoms with Gasteiger partial charge in [0, 0.05) is 10.1 Å². The Hall–Kier alpha value is -0.330. The van der Waals surface area contributed by atoms with Crippen LogP contribution in [0.3, 0.4) is 0 Å². The third-order valence-electron chi connectivity index (χ3n) is 3.74. The van der Waals surface area contributed by atoms with Crippen molar-refractivity contribution < 1.29 is 4.79 Å². The molecule has 0 heterocycles. The molecule has 106 valence electrons. The van der Waals surface area contributed by atoms with Gasteiger partial charge in [-0.1, -0.05) is 12.1 Å². The van der Waals surface area contributed by atoms with Crippen molar-refractivity contribution in [1.82, 2.24) is 5.32 Å². The van der Waals surface area contributed by atoms with E-state index >= 15 is 0 Å². The molecule has 0 bridgehead atoms.